The molecule has 9 nitrogen and oxygen atoms in total. The SMILES string of the molecule is CCOc1cc(/C=C2\C(=O)NC(=O)N(c3ccc(F)cc3)C2=O)ccc1OCC(=O)O. The minimum absolute atomic E-state index is 0.0923. The van der Waals surface area contributed by atoms with E-state index in [1.54, 1.807) is 6.92 Å². The summed E-state index contributed by atoms with van der Waals surface area (Å²) in [5.74, 6) is -3.10. The van der Waals surface area contributed by atoms with Gasteiger partial charge in [-0.2, -0.15) is 0 Å². The van der Waals surface area contributed by atoms with Gasteiger partial charge >= 0.3 is 12.0 Å². The molecule has 31 heavy (non-hydrogen) atoms. The number of hydrogen-bond acceptors (Lipinski definition) is 6. The van der Waals surface area contributed by atoms with Gasteiger partial charge in [-0.1, -0.05) is 6.07 Å². The highest BCUT2D eigenvalue weighted by molar-refractivity contribution is 6.39. The molecule has 1 fully saturated rings. The second-order valence-electron chi connectivity index (χ2n) is 6.26. The number of carboxylic acid groups (broad SMARTS) is 1. The predicted octanol–water partition coefficient (Wildman–Crippen LogP) is 2.35. The smallest absolute Gasteiger partial charge is 0.341 e. The third kappa shape index (κ3) is 4.86. The number of imide groups is 2. The zero-order valence-corrected chi connectivity index (χ0v) is 16.3. The van der Waals surface area contributed by atoms with E-state index >= 15 is 0 Å². The van der Waals surface area contributed by atoms with Crippen molar-refractivity contribution < 1.29 is 38.1 Å². The van der Waals surface area contributed by atoms with Crippen LogP contribution in [0.25, 0.3) is 6.08 Å². The van der Waals surface area contributed by atoms with Gasteiger partial charge in [-0.25, -0.2) is 18.9 Å². The number of rotatable bonds is 7. The van der Waals surface area contributed by atoms with Crippen LogP contribution in [0.4, 0.5) is 14.9 Å². The number of barbiturate groups is 1. The molecule has 0 spiro atoms. The summed E-state index contributed by atoms with van der Waals surface area (Å²) in [4.78, 5) is 48.8. The average Bonchev–Trinajstić information content (AvgIpc) is 2.72. The fraction of sp³-hybridized carbons (Fsp3) is 0.143. The number of benzene rings is 2. The first-order chi connectivity index (χ1) is 14.8. The van der Waals surface area contributed by atoms with E-state index in [2.05, 4.69) is 5.32 Å². The number of urea groups is 1. The first-order valence-corrected chi connectivity index (χ1v) is 9.08. The molecule has 0 bridgehead atoms. The number of halogens is 1. The second-order valence-corrected chi connectivity index (χ2v) is 6.26. The van der Waals surface area contributed by atoms with E-state index in [-0.39, 0.29) is 29.4 Å². The van der Waals surface area contributed by atoms with E-state index in [1.807, 2.05) is 0 Å². The van der Waals surface area contributed by atoms with Crippen molar-refractivity contribution >= 4 is 35.6 Å². The van der Waals surface area contributed by atoms with Crippen LogP contribution in [-0.2, 0) is 14.4 Å². The summed E-state index contributed by atoms with van der Waals surface area (Å²) in [6.07, 6.45) is 1.25. The van der Waals surface area contributed by atoms with E-state index in [9.17, 15) is 23.6 Å². The summed E-state index contributed by atoms with van der Waals surface area (Å²) in [7, 11) is 0. The molecular weight excluding hydrogens is 411 g/mol. The maximum absolute atomic E-state index is 13.2. The van der Waals surface area contributed by atoms with Crippen LogP contribution in [0.3, 0.4) is 0 Å². The first-order valence-electron chi connectivity index (χ1n) is 9.08. The van der Waals surface area contributed by atoms with Crippen LogP contribution in [0.1, 0.15) is 12.5 Å². The number of carbonyl (C=O) groups is 4. The molecule has 160 valence electrons. The molecule has 10 heteroatoms. The number of carboxylic acids is 1. The number of amides is 4. The Morgan fingerprint density at radius 1 is 1.10 bits per heavy atom. The Hall–Kier alpha value is -4.21. The molecule has 0 saturated carbocycles. The first kappa shape index (κ1) is 21.5. The fourth-order valence-corrected chi connectivity index (χ4v) is 2.79. The second kappa shape index (κ2) is 9.08. The molecular formula is C21H17FN2O7. The van der Waals surface area contributed by atoms with Gasteiger partial charge in [0.05, 0.1) is 12.3 Å². The van der Waals surface area contributed by atoms with E-state index in [0.29, 0.717) is 5.56 Å². The lowest BCUT2D eigenvalue weighted by Crippen LogP contribution is -2.54. The van der Waals surface area contributed by atoms with Gasteiger partial charge in [0.15, 0.2) is 18.1 Å². The molecule has 2 N–H and O–H groups in total. The zero-order chi connectivity index (χ0) is 22.5. The molecule has 0 unspecified atom stereocenters. The molecule has 1 heterocycles. The summed E-state index contributed by atoms with van der Waals surface area (Å²) in [6.45, 7) is 1.41. The molecule has 0 radical (unpaired) electrons. The standard InChI is InChI=1S/C21H17FN2O7/c1-2-30-17-10-12(3-8-16(17)31-11-18(25)26)9-15-19(27)23-21(29)24(20(15)28)14-6-4-13(22)5-7-14/h3-10H,2,11H2,1H3,(H,25,26)(H,23,27,29)/b15-9+. The molecule has 1 aliphatic heterocycles. The Morgan fingerprint density at radius 2 is 1.81 bits per heavy atom. The van der Waals surface area contributed by atoms with Gasteiger partial charge < -0.3 is 14.6 Å². The van der Waals surface area contributed by atoms with Crippen molar-refractivity contribution in [2.75, 3.05) is 18.1 Å². The molecule has 0 aliphatic carbocycles. The van der Waals surface area contributed by atoms with E-state index in [1.165, 1.54) is 36.4 Å². The van der Waals surface area contributed by atoms with Crippen molar-refractivity contribution in [3.05, 3.63) is 59.4 Å². The molecule has 1 saturated heterocycles. The van der Waals surface area contributed by atoms with Crippen LogP contribution in [0.2, 0.25) is 0 Å². The molecule has 0 aromatic heterocycles. The highest BCUT2D eigenvalue weighted by Crippen LogP contribution is 2.30. The Kier molecular flexibility index (Phi) is 6.29. The number of ether oxygens (including phenoxy) is 2. The van der Waals surface area contributed by atoms with E-state index in [4.69, 9.17) is 14.6 Å². The lowest BCUT2D eigenvalue weighted by molar-refractivity contribution is -0.139. The zero-order valence-electron chi connectivity index (χ0n) is 16.3. The van der Waals surface area contributed by atoms with Crippen molar-refractivity contribution in [1.82, 2.24) is 5.32 Å². The van der Waals surface area contributed by atoms with Crippen molar-refractivity contribution in [1.29, 1.82) is 0 Å². The molecule has 2 aromatic rings. The third-order valence-electron chi connectivity index (χ3n) is 4.12. The van der Waals surface area contributed by atoms with Gasteiger partial charge in [0.25, 0.3) is 11.8 Å². The predicted molar refractivity (Wildman–Crippen MR) is 106 cm³/mol. The topological polar surface area (TPSA) is 122 Å². The van der Waals surface area contributed by atoms with Gasteiger partial charge in [-0.05, 0) is 55.0 Å². The van der Waals surface area contributed by atoms with Crippen LogP contribution in [-0.4, -0.2) is 42.1 Å². The number of carbonyl (C=O) groups excluding carboxylic acids is 3. The summed E-state index contributed by atoms with van der Waals surface area (Å²) in [5, 5.41) is 10.8. The van der Waals surface area contributed by atoms with Crippen LogP contribution < -0.4 is 19.7 Å². The number of aliphatic carboxylic acids is 1. The lowest BCUT2D eigenvalue weighted by atomic mass is 10.1. The number of nitrogens with one attached hydrogen (secondary N) is 1. The third-order valence-corrected chi connectivity index (χ3v) is 4.12. The lowest BCUT2D eigenvalue weighted by Gasteiger charge is -2.26. The van der Waals surface area contributed by atoms with Gasteiger partial charge in [0, 0.05) is 0 Å². The highest BCUT2D eigenvalue weighted by atomic mass is 19.1. The monoisotopic (exact) mass is 428 g/mol. The average molecular weight is 428 g/mol. The maximum atomic E-state index is 13.2. The summed E-state index contributed by atoms with van der Waals surface area (Å²) < 4.78 is 23.8. The molecule has 3 rings (SSSR count). The number of nitrogens with zero attached hydrogens (tertiary/aromatic N) is 1. The Morgan fingerprint density at radius 3 is 2.45 bits per heavy atom. The van der Waals surface area contributed by atoms with Crippen LogP contribution in [0.5, 0.6) is 11.5 Å². The quantitative estimate of drug-likeness (QED) is 0.513. The van der Waals surface area contributed by atoms with Crippen molar-refractivity contribution in [2.24, 2.45) is 0 Å². The summed E-state index contributed by atoms with van der Waals surface area (Å²) in [5.41, 5.74) is 0.137. The van der Waals surface area contributed by atoms with E-state index in [0.717, 1.165) is 17.0 Å². The molecule has 0 atom stereocenters. The summed E-state index contributed by atoms with van der Waals surface area (Å²) in [6, 6.07) is 8.09. The van der Waals surface area contributed by atoms with Gasteiger partial charge in [0.1, 0.15) is 11.4 Å². The van der Waals surface area contributed by atoms with Gasteiger partial charge in [-0.15, -0.1) is 0 Å². The van der Waals surface area contributed by atoms with Crippen molar-refractivity contribution in [3.8, 4) is 11.5 Å². The fourth-order valence-electron chi connectivity index (χ4n) is 2.79. The molecule has 1 aliphatic rings. The van der Waals surface area contributed by atoms with Crippen LogP contribution in [0.15, 0.2) is 48.0 Å². The maximum Gasteiger partial charge on any atom is 0.341 e. The normalized spacial score (nSPS) is 15.1. The minimum atomic E-state index is -1.16. The molecule has 4 amide bonds. The van der Waals surface area contributed by atoms with Crippen molar-refractivity contribution in [3.63, 3.8) is 0 Å². The van der Waals surface area contributed by atoms with Gasteiger partial charge in [-0.3, -0.25) is 14.9 Å². The molecule has 2 aromatic carbocycles. The Bertz CT molecular complexity index is 1080. The van der Waals surface area contributed by atoms with Crippen LogP contribution in [0, 0.1) is 5.82 Å². The largest absolute Gasteiger partial charge is 0.490 e. The highest BCUT2D eigenvalue weighted by Gasteiger charge is 2.36. The Labute approximate surface area is 175 Å². The van der Waals surface area contributed by atoms with Gasteiger partial charge in [0.2, 0.25) is 0 Å². The number of anilines is 1. The van der Waals surface area contributed by atoms with Crippen molar-refractivity contribution in [2.45, 2.75) is 6.92 Å². The Balaban J connectivity index is 1.95. The van der Waals surface area contributed by atoms with E-state index < -0.39 is 36.2 Å². The summed E-state index contributed by atoms with van der Waals surface area (Å²) >= 11 is 0. The number of hydrogen-bond donors (Lipinski definition) is 2. The minimum Gasteiger partial charge on any atom is -0.490 e. The van der Waals surface area contributed by atoms with Crippen LogP contribution >= 0.6 is 0 Å².